The topological polar surface area (TPSA) is 189 Å². The van der Waals surface area contributed by atoms with E-state index in [2.05, 4.69) is 27.3 Å². The van der Waals surface area contributed by atoms with Crippen LogP contribution in [0.4, 0.5) is 15.3 Å². The molecular formula is C34H49N5O9S. The Kier molecular flexibility index (Phi) is 10.5. The summed E-state index contributed by atoms with van der Waals surface area (Å²) in [4.78, 5) is 68.7. The highest BCUT2D eigenvalue weighted by Crippen LogP contribution is 2.45. The van der Waals surface area contributed by atoms with Gasteiger partial charge in [-0.15, -0.1) is 6.58 Å². The monoisotopic (exact) mass is 703 g/mol. The fourth-order valence-electron chi connectivity index (χ4n) is 5.81. The van der Waals surface area contributed by atoms with Gasteiger partial charge in [-0.2, -0.15) is 0 Å². The van der Waals surface area contributed by atoms with Crippen LogP contribution in [0.15, 0.2) is 30.9 Å². The summed E-state index contributed by atoms with van der Waals surface area (Å²) in [5.74, 6) is -2.82. The van der Waals surface area contributed by atoms with E-state index >= 15 is 0 Å². The molecule has 1 heterocycles. The first-order valence-corrected chi connectivity index (χ1v) is 18.0. The van der Waals surface area contributed by atoms with Gasteiger partial charge in [0.2, 0.25) is 21.8 Å². The second-order valence-electron chi connectivity index (χ2n) is 15.3. The third-order valence-electron chi connectivity index (χ3n) is 8.99. The molecule has 0 bridgehead atoms. The summed E-state index contributed by atoms with van der Waals surface area (Å²) in [6.45, 7) is 17.5. The van der Waals surface area contributed by atoms with Gasteiger partial charge in [-0.3, -0.25) is 24.4 Å². The highest BCUT2D eigenvalue weighted by molar-refractivity contribution is 7.91. The van der Waals surface area contributed by atoms with Crippen molar-refractivity contribution in [2.45, 2.75) is 116 Å². The minimum atomic E-state index is -3.91. The molecule has 5 amide bonds. The molecular weight excluding hydrogens is 654 g/mol. The van der Waals surface area contributed by atoms with Crippen molar-refractivity contribution in [1.29, 1.82) is 0 Å². The molecule has 15 heteroatoms. The van der Waals surface area contributed by atoms with E-state index in [1.54, 1.807) is 53.7 Å². The van der Waals surface area contributed by atoms with E-state index < -0.39 is 85.8 Å². The van der Waals surface area contributed by atoms with Crippen molar-refractivity contribution in [3.8, 4) is 0 Å². The molecule has 270 valence electrons. The minimum absolute atomic E-state index is 0.109. The zero-order chi connectivity index (χ0) is 36.7. The SMILES string of the molecule is C=CC1C[C@]1(NC(=O)[C@@H]1C[C@@H](OC(=O)Nc2cccc(C)c2C)CN1C(=O)[C@@H](NC(=O)OC(C)(C)C)C(C)(C)C)C(=O)NS(=O)(=O)C1CC1. The maximum absolute atomic E-state index is 14.3. The molecule has 0 aromatic heterocycles. The number of aryl methyl sites for hydroxylation is 1. The van der Waals surface area contributed by atoms with Crippen molar-refractivity contribution in [3.05, 3.63) is 42.0 Å². The largest absolute Gasteiger partial charge is 0.444 e. The lowest BCUT2D eigenvalue weighted by Crippen LogP contribution is -2.60. The molecule has 2 aliphatic carbocycles. The molecule has 1 saturated heterocycles. The van der Waals surface area contributed by atoms with Gasteiger partial charge in [0.15, 0.2) is 0 Å². The molecule has 4 N–H and O–H groups in total. The Hall–Kier alpha value is -4.14. The van der Waals surface area contributed by atoms with Crippen LogP contribution in [0.2, 0.25) is 0 Å². The predicted molar refractivity (Wildman–Crippen MR) is 182 cm³/mol. The Morgan fingerprint density at radius 1 is 1.04 bits per heavy atom. The zero-order valence-corrected chi connectivity index (χ0v) is 30.3. The van der Waals surface area contributed by atoms with E-state index in [0.29, 0.717) is 18.5 Å². The minimum Gasteiger partial charge on any atom is -0.444 e. The smallest absolute Gasteiger partial charge is 0.411 e. The average molecular weight is 704 g/mol. The van der Waals surface area contributed by atoms with Crippen LogP contribution < -0.4 is 20.7 Å². The van der Waals surface area contributed by atoms with E-state index in [-0.39, 0.29) is 19.4 Å². The Bertz CT molecular complexity index is 1630. The van der Waals surface area contributed by atoms with Crippen LogP contribution in [0.25, 0.3) is 0 Å². The van der Waals surface area contributed by atoms with Gasteiger partial charge in [-0.25, -0.2) is 18.0 Å². The molecule has 1 aliphatic heterocycles. The Morgan fingerprint density at radius 3 is 2.24 bits per heavy atom. The van der Waals surface area contributed by atoms with Crippen LogP contribution in [-0.2, 0) is 33.9 Å². The third kappa shape index (κ3) is 8.91. The number of nitrogens with one attached hydrogen (secondary N) is 4. The molecule has 3 aliphatic rings. The lowest BCUT2D eigenvalue weighted by atomic mass is 9.85. The standard InChI is InChI=1S/C34H49N5O9S/c1-10-21-17-34(21,29(42)38-49(45,46)23-14-15-23)37-27(40)25-16-22(47-30(43)35-24-13-11-12-19(2)20(24)3)18-39(25)28(41)26(32(4,5)6)36-31(44)48-33(7,8)9/h10-13,21-23,25-26H,1,14-18H2,2-9H3,(H,35,43)(H,36,44)(H,37,40)(H,38,42)/t21?,22-,25+,26-,34-/m1/s1. The number of nitrogens with zero attached hydrogens (tertiary/aromatic N) is 1. The van der Waals surface area contributed by atoms with Crippen molar-refractivity contribution in [1.82, 2.24) is 20.3 Å². The van der Waals surface area contributed by atoms with Gasteiger partial charge >= 0.3 is 12.2 Å². The van der Waals surface area contributed by atoms with Crippen molar-refractivity contribution >= 4 is 45.6 Å². The molecule has 0 radical (unpaired) electrons. The number of benzene rings is 1. The van der Waals surface area contributed by atoms with Gasteiger partial charge in [0.25, 0.3) is 5.91 Å². The van der Waals surface area contributed by atoms with E-state index in [1.807, 2.05) is 19.9 Å². The molecule has 49 heavy (non-hydrogen) atoms. The number of likely N-dealkylation sites (tertiary alicyclic amines) is 1. The summed E-state index contributed by atoms with van der Waals surface area (Å²) in [7, 11) is -3.91. The number of ether oxygens (including phenoxy) is 2. The highest BCUT2D eigenvalue weighted by atomic mass is 32.2. The Balaban J connectivity index is 1.59. The number of amides is 5. The van der Waals surface area contributed by atoms with Gasteiger partial charge in [-0.1, -0.05) is 39.0 Å². The average Bonchev–Trinajstić information content (AvgIpc) is 3.89. The van der Waals surface area contributed by atoms with Crippen LogP contribution in [0.1, 0.15) is 78.4 Å². The second kappa shape index (κ2) is 13.6. The number of sulfonamides is 1. The van der Waals surface area contributed by atoms with E-state index in [1.165, 1.54) is 11.0 Å². The fraction of sp³-hybridized carbons (Fsp3) is 0.618. The number of carbonyl (C=O) groups excluding carboxylic acids is 5. The van der Waals surface area contributed by atoms with Crippen molar-refractivity contribution in [3.63, 3.8) is 0 Å². The van der Waals surface area contributed by atoms with Gasteiger partial charge in [0, 0.05) is 18.0 Å². The van der Waals surface area contributed by atoms with Gasteiger partial charge in [-0.05, 0) is 76.5 Å². The quantitative estimate of drug-likeness (QED) is 0.265. The second-order valence-corrected chi connectivity index (χ2v) is 17.2. The maximum atomic E-state index is 14.3. The molecule has 4 rings (SSSR count). The summed E-state index contributed by atoms with van der Waals surface area (Å²) in [6.07, 6.45) is -0.238. The van der Waals surface area contributed by atoms with Crippen LogP contribution in [0.5, 0.6) is 0 Å². The third-order valence-corrected chi connectivity index (χ3v) is 10.8. The van der Waals surface area contributed by atoms with E-state index in [4.69, 9.17) is 9.47 Å². The number of rotatable bonds is 10. The lowest BCUT2D eigenvalue weighted by Gasteiger charge is -2.36. The van der Waals surface area contributed by atoms with Crippen LogP contribution in [-0.4, -0.2) is 84.3 Å². The predicted octanol–water partition coefficient (Wildman–Crippen LogP) is 3.43. The molecule has 5 atom stereocenters. The molecule has 1 unspecified atom stereocenters. The summed E-state index contributed by atoms with van der Waals surface area (Å²) in [5, 5.41) is 7.40. The van der Waals surface area contributed by atoms with Gasteiger partial charge < -0.3 is 25.0 Å². The highest BCUT2D eigenvalue weighted by Gasteiger charge is 2.62. The molecule has 1 aromatic rings. The summed E-state index contributed by atoms with van der Waals surface area (Å²) >= 11 is 0. The first-order valence-electron chi connectivity index (χ1n) is 16.4. The fourth-order valence-corrected chi connectivity index (χ4v) is 7.18. The van der Waals surface area contributed by atoms with Crippen molar-refractivity contribution in [2.24, 2.45) is 11.3 Å². The number of anilines is 1. The number of carbonyl (C=O) groups is 5. The van der Waals surface area contributed by atoms with Crippen molar-refractivity contribution < 1.29 is 41.9 Å². The van der Waals surface area contributed by atoms with Gasteiger partial charge in [0.1, 0.15) is 29.3 Å². The first kappa shape index (κ1) is 37.7. The molecule has 3 fully saturated rings. The zero-order valence-electron chi connectivity index (χ0n) is 29.5. The van der Waals surface area contributed by atoms with E-state index in [9.17, 15) is 32.4 Å². The van der Waals surface area contributed by atoms with Crippen LogP contribution >= 0.6 is 0 Å². The molecule has 14 nitrogen and oxygen atoms in total. The number of hydrogen-bond donors (Lipinski definition) is 4. The molecule has 2 saturated carbocycles. The van der Waals surface area contributed by atoms with Crippen LogP contribution in [0.3, 0.4) is 0 Å². The number of alkyl carbamates (subject to hydrolysis) is 1. The summed E-state index contributed by atoms with van der Waals surface area (Å²) in [5.41, 5.74) is -0.948. The first-order chi connectivity index (χ1) is 22.6. The molecule has 1 aromatic carbocycles. The Morgan fingerprint density at radius 2 is 1.69 bits per heavy atom. The molecule has 0 spiro atoms. The van der Waals surface area contributed by atoms with Crippen LogP contribution in [0, 0.1) is 25.2 Å². The normalized spacial score (nSPS) is 24.2. The summed E-state index contributed by atoms with van der Waals surface area (Å²) < 4.78 is 38.4. The van der Waals surface area contributed by atoms with Crippen molar-refractivity contribution in [2.75, 3.05) is 11.9 Å². The lowest BCUT2D eigenvalue weighted by molar-refractivity contribution is -0.143. The Labute approximate surface area is 288 Å². The van der Waals surface area contributed by atoms with E-state index in [0.717, 1.165) is 11.1 Å². The maximum Gasteiger partial charge on any atom is 0.411 e. The summed E-state index contributed by atoms with van der Waals surface area (Å²) in [6, 6.07) is 3.00. The number of hydrogen-bond acceptors (Lipinski definition) is 9. The van der Waals surface area contributed by atoms with Gasteiger partial charge in [0.05, 0.1) is 11.8 Å².